The number of aryl methyl sites for hydroxylation is 2. The third-order valence-electron chi connectivity index (χ3n) is 4.52. The molecule has 0 aliphatic carbocycles. The molecule has 2 aromatic rings. The molecule has 0 unspecified atom stereocenters. The fraction of sp³-hybridized carbons (Fsp3) is 0.455. The summed E-state index contributed by atoms with van der Waals surface area (Å²) in [6.07, 6.45) is -0.278. The zero-order valence-corrected chi connectivity index (χ0v) is 18.9. The lowest BCUT2D eigenvalue weighted by molar-refractivity contribution is 0.0240. The van der Waals surface area contributed by atoms with Crippen LogP contribution in [0.15, 0.2) is 34.3 Å². The number of hydrogen-bond donors (Lipinski definition) is 0. The molecule has 30 heavy (non-hydrogen) atoms. The number of amides is 1. The van der Waals surface area contributed by atoms with Crippen molar-refractivity contribution in [2.75, 3.05) is 31.1 Å². The number of carbonyl (C=O) groups is 1. The van der Waals surface area contributed by atoms with Crippen molar-refractivity contribution in [1.29, 1.82) is 5.26 Å². The lowest BCUT2D eigenvalue weighted by Crippen LogP contribution is -2.50. The predicted octanol–water partition coefficient (Wildman–Crippen LogP) is 4.17. The van der Waals surface area contributed by atoms with Gasteiger partial charge in [-0.1, -0.05) is 0 Å². The molecule has 1 saturated heterocycles. The minimum Gasteiger partial charge on any atom is -0.444 e. The molecule has 7 nitrogen and oxygen atoms in total. The molecule has 1 aliphatic heterocycles. The lowest BCUT2D eigenvalue weighted by atomic mass is 10.2. The first-order chi connectivity index (χ1) is 14.1. The van der Waals surface area contributed by atoms with E-state index in [1.165, 1.54) is 11.8 Å². The Morgan fingerprint density at radius 1 is 1.10 bits per heavy atom. The zero-order chi connectivity index (χ0) is 21.9. The van der Waals surface area contributed by atoms with E-state index < -0.39 is 5.60 Å². The molecule has 1 fully saturated rings. The quantitative estimate of drug-likeness (QED) is 0.683. The first kappa shape index (κ1) is 21.9. The van der Waals surface area contributed by atoms with Crippen LogP contribution in [-0.2, 0) is 4.74 Å². The van der Waals surface area contributed by atoms with Gasteiger partial charge in [0.05, 0.1) is 17.3 Å². The maximum Gasteiger partial charge on any atom is 0.410 e. The molecule has 8 heteroatoms. The Labute approximate surface area is 182 Å². The van der Waals surface area contributed by atoms with Gasteiger partial charge in [-0.3, -0.25) is 0 Å². The summed E-state index contributed by atoms with van der Waals surface area (Å²) in [7, 11) is 0. The second kappa shape index (κ2) is 8.92. The molecule has 1 aromatic carbocycles. The Kier molecular flexibility index (Phi) is 6.52. The summed E-state index contributed by atoms with van der Waals surface area (Å²) >= 11 is 1.46. The zero-order valence-electron chi connectivity index (χ0n) is 18.1. The van der Waals surface area contributed by atoms with Crippen LogP contribution in [0, 0.1) is 25.2 Å². The second-order valence-electron chi connectivity index (χ2n) is 8.28. The van der Waals surface area contributed by atoms with Crippen molar-refractivity contribution in [2.45, 2.75) is 50.3 Å². The summed E-state index contributed by atoms with van der Waals surface area (Å²) in [5.74, 6) is 0. The normalized spacial score (nSPS) is 14.4. The van der Waals surface area contributed by atoms with Crippen LogP contribution in [0.1, 0.15) is 37.7 Å². The summed E-state index contributed by atoms with van der Waals surface area (Å²) in [5, 5.41) is 10.0. The van der Waals surface area contributed by atoms with Gasteiger partial charge in [0, 0.05) is 42.5 Å². The highest BCUT2D eigenvalue weighted by atomic mass is 32.2. The summed E-state index contributed by atoms with van der Waals surface area (Å²) < 4.78 is 5.49. The number of nitriles is 1. The third-order valence-corrected chi connectivity index (χ3v) is 5.44. The van der Waals surface area contributed by atoms with Crippen molar-refractivity contribution in [1.82, 2.24) is 14.9 Å². The highest BCUT2D eigenvalue weighted by Crippen LogP contribution is 2.35. The first-order valence-corrected chi connectivity index (χ1v) is 10.7. The van der Waals surface area contributed by atoms with Crippen LogP contribution in [0.5, 0.6) is 0 Å². The van der Waals surface area contributed by atoms with Crippen LogP contribution in [0.25, 0.3) is 0 Å². The van der Waals surface area contributed by atoms with E-state index in [0.29, 0.717) is 36.9 Å². The van der Waals surface area contributed by atoms with Crippen LogP contribution in [0.2, 0.25) is 0 Å². The molecule has 1 aromatic heterocycles. The number of carbonyl (C=O) groups excluding carboxylic acids is 1. The molecule has 0 spiro atoms. The molecule has 3 rings (SSSR count). The van der Waals surface area contributed by atoms with E-state index in [-0.39, 0.29) is 6.09 Å². The summed E-state index contributed by atoms with van der Waals surface area (Å²) in [4.78, 5) is 26.3. The monoisotopic (exact) mass is 425 g/mol. The average molecular weight is 426 g/mol. The van der Waals surface area contributed by atoms with Gasteiger partial charge in [-0.05, 0) is 70.6 Å². The molecule has 158 valence electrons. The molecule has 1 aliphatic rings. The van der Waals surface area contributed by atoms with Gasteiger partial charge in [-0.15, -0.1) is 0 Å². The summed E-state index contributed by atoms with van der Waals surface area (Å²) in [5.41, 5.74) is 2.93. The Balaban J connectivity index is 1.78. The highest BCUT2D eigenvalue weighted by Gasteiger charge is 2.27. The summed E-state index contributed by atoms with van der Waals surface area (Å²) in [6, 6.07) is 9.81. The van der Waals surface area contributed by atoms with E-state index in [0.717, 1.165) is 22.0 Å². The fourth-order valence-electron chi connectivity index (χ4n) is 3.22. The SMILES string of the molecule is Cc1cc(C)nc(Sc2cc(C#N)ccc2N2CCN(C(=O)OC(C)(C)C)CC2)n1. The smallest absolute Gasteiger partial charge is 0.410 e. The third kappa shape index (κ3) is 5.63. The number of benzene rings is 1. The van der Waals surface area contributed by atoms with E-state index in [4.69, 9.17) is 4.74 Å². The van der Waals surface area contributed by atoms with Crippen LogP contribution in [0.3, 0.4) is 0 Å². The van der Waals surface area contributed by atoms with Gasteiger partial charge in [0.2, 0.25) is 0 Å². The number of ether oxygens (including phenoxy) is 1. The number of piperazine rings is 1. The lowest BCUT2D eigenvalue weighted by Gasteiger charge is -2.37. The molecular weight excluding hydrogens is 398 g/mol. The van der Waals surface area contributed by atoms with Gasteiger partial charge < -0.3 is 14.5 Å². The Morgan fingerprint density at radius 3 is 2.30 bits per heavy atom. The molecule has 1 amide bonds. The maximum atomic E-state index is 12.3. The fourth-order valence-corrected chi connectivity index (χ4v) is 4.28. The summed E-state index contributed by atoms with van der Waals surface area (Å²) in [6.45, 7) is 12.0. The van der Waals surface area contributed by atoms with Crippen molar-refractivity contribution >= 4 is 23.5 Å². The van der Waals surface area contributed by atoms with Crippen molar-refractivity contribution < 1.29 is 9.53 Å². The van der Waals surface area contributed by atoms with E-state index in [9.17, 15) is 10.1 Å². The predicted molar refractivity (Wildman–Crippen MR) is 117 cm³/mol. The molecule has 0 bridgehead atoms. The molecular formula is C22H27N5O2S. The average Bonchev–Trinajstić information content (AvgIpc) is 2.66. The van der Waals surface area contributed by atoms with Crippen LogP contribution < -0.4 is 4.90 Å². The standard InChI is InChI=1S/C22H27N5O2S/c1-15-12-16(2)25-20(24-15)30-19-13-17(14-23)6-7-18(19)26-8-10-27(11-9-26)21(28)29-22(3,4)5/h6-7,12-13H,8-11H2,1-5H3. The number of aromatic nitrogens is 2. The van der Waals surface area contributed by atoms with Crippen molar-refractivity contribution in [3.63, 3.8) is 0 Å². The minimum absolute atomic E-state index is 0.278. The van der Waals surface area contributed by atoms with Gasteiger partial charge in [0.15, 0.2) is 5.16 Å². The minimum atomic E-state index is -0.503. The Hall–Kier alpha value is -2.79. The topological polar surface area (TPSA) is 82.4 Å². The van der Waals surface area contributed by atoms with Crippen LogP contribution in [-0.4, -0.2) is 52.7 Å². The number of rotatable bonds is 3. The van der Waals surface area contributed by atoms with Crippen LogP contribution in [0.4, 0.5) is 10.5 Å². The largest absolute Gasteiger partial charge is 0.444 e. The highest BCUT2D eigenvalue weighted by molar-refractivity contribution is 7.99. The van der Waals surface area contributed by atoms with Gasteiger partial charge >= 0.3 is 6.09 Å². The Morgan fingerprint density at radius 2 is 1.73 bits per heavy atom. The number of anilines is 1. The van der Waals surface area contributed by atoms with Crippen molar-refractivity contribution in [2.24, 2.45) is 0 Å². The second-order valence-corrected chi connectivity index (χ2v) is 9.29. The van der Waals surface area contributed by atoms with E-state index >= 15 is 0 Å². The molecule has 2 heterocycles. The molecule has 0 radical (unpaired) electrons. The van der Waals surface area contributed by atoms with Gasteiger partial charge in [0.1, 0.15) is 5.60 Å². The number of nitrogens with zero attached hydrogens (tertiary/aromatic N) is 5. The van der Waals surface area contributed by atoms with Gasteiger partial charge in [-0.25, -0.2) is 14.8 Å². The molecule has 0 atom stereocenters. The van der Waals surface area contributed by atoms with Crippen LogP contribution >= 0.6 is 11.8 Å². The number of hydrogen-bond acceptors (Lipinski definition) is 7. The molecule has 0 N–H and O–H groups in total. The Bertz CT molecular complexity index is 952. The first-order valence-electron chi connectivity index (χ1n) is 9.92. The van der Waals surface area contributed by atoms with E-state index in [2.05, 4.69) is 20.9 Å². The van der Waals surface area contributed by atoms with Gasteiger partial charge in [0.25, 0.3) is 0 Å². The van der Waals surface area contributed by atoms with Crippen molar-refractivity contribution in [3.05, 3.63) is 41.2 Å². The van der Waals surface area contributed by atoms with E-state index in [1.54, 1.807) is 4.90 Å². The van der Waals surface area contributed by atoms with Gasteiger partial charge in [-0.2, -0.15) is 5.26 Å². The molecule has 0 saturated carbocycles. The van der Waals surface area contributed by atoms with E-state index in [1.807, 2.05) is 58.9 Å². The maximum absolute atomic E-state index is 12.3. The van der Waals surface area contributed by atoms with Crippen molar-refractivity contribution in [3.8, 4) is 6.07 Å².